The lowest BCUT2D eigenvalue weighted by Gasteiger charge is -2.35. The van der Waals surface area contributed by atoms with Crippen molar-refractivity contribution in [2.75, 3.05) is 43.9 Å². The molecule has 1 aliphatic rings. The highest BCUT2D eigenvalue weighted by Crippen LogP contribution is 2.31. The summed E-state index contributed by atoms with van der Waals surface area (Å²) in [6.45, 7) is 4.29. The minimum absolute atomic E-state index is 0.688. The molecule has 5 nitrogen and oxygen atoms in total. The van der Waals surface area contributed by atoms with E-state index in [2.05, 4.69) is 46.2 Å². The van der Waals surface area contributed by atoms with E-state index in [0.29, 0.717) is 5.82 Å². The van der Waals surface area contributed by atoms with Crippen molar-refractivity contribution in [2.45, 2.75) is 0 Å². The van der Waals surface area contributed by atoms with Gasteiger partial charge in [-0.1, -0.05) is 18.2 Å². The van der Waals surface area contributed by atoms with Crippen molar-refractivity contribution in [3.05, 3.63) is 30.3 Å². The lowest BCUT2D eigenvalue weighted by Crippen LogP contribution is -2.44. The van der Waals surface area contributed by atoms with Crippen LogP contribution in [0, 0.1) is 0 Å². The summed E-state index contributed by atoms with van der Waals surface area (Å²) < 4.78 is 1.72. The van der Waals surface area contributed by atoms with E-state index in [0.717, 1.165) is 37.4 Å². The van der Waals surface area contributed by atoms with Crippen LogP contribution in [0.15, 0.2) is 30.3 Å². The number of nitrogens with zero attached hydrogens (tertiary/aromatic N) is 4. The Balaban J connectivity index is 1.96. The number of aryl methyl sites for hydroxylation is 1. The summed E-state index contributed by atoms with van der Waals surface area (Å²) in [7, 11) is 4.04. The van der Waals surface area contributed by atoms with Gasteiger partial charge >= 0.3 is 0 Å². The summed E-state index contributed by atoms with van der Waals surface area (Å²) in [4.78, 5) is 4.79. The van der Waals surface area contributed by atoms with Crippen molar-refractivity contribution in [1.29, 1.82) is 0 Å². The molecule has 5 heteroatoms. The standard InChI is InChI=1S/C15H21N5/c1-18-7-9-20(10-8-18)14-6-4-3-5-12(14)13-11-15(16)19(2)17-13/h3-6,11H,7-10,16H2,1-2H3. The number of aromatic nitrogens is 2. The van der Waals surface area contributed by atoms with Crippen LogP contribution in [0.5, 0.6) is 0 Å². The highest BCUT2D eigenvalue weighted by atomic mass is 15.3. The van der Waals surface area contributed by atoms with E-state index in [-0.39, 0.29) is 0 Å². The van der Waals surface area contributed by atoms with Gasteiger partial charge < -0.3 is 15.5 Å². The zero-order valence-corrected chi connectivity index (χ0v) is 12.1. The monoisotopic (exact) mass is 271 g/mol. The molecule has 0 spiro atoms. The molecule has 20 heavy (non-hydrogen) atoms. The molecule has 0 saturated carbocycles. The van der Waals surface area contributed by atoms with Crippen molar-refractivity contribution >= 4 is 11.5 Å². The van der Waals surface area contributed by atoms with Crippen molar-refractivity contribution in [2.24, 2.45) is 7.05 Å². The SMILES string of the molecule is CN1CCN(c2ccccc2-c2cc(N)n(C)n2)CC1. The Morgan fingerprint density at radius 1 is 1.05 bits per heavy atom. The third-order valence-electron chi connectivity index (χ3n) is 3.94. The predicted octanol–water partition coefficient (Wildman–Crippen LogP) is 1.42. The number of nitrogen functional groups attached to an aromatic ring is 1. The number of piperazine rings is 1. The van der Waals surface area contributed by atoms with Crippen LogP contribution in [0.3, 0.4) is 0 Å². The normalized spacial score (nSPS) is 16.6. The molecule has 0 radical (unpaired) electrons. The molecule has 3 rings (SSSR count). The number of benzene rings is 1. The largest absolute Gasteiger partial charge is 0.384 e. The van der Waals surface area contributed by atoms with Gasteiger partial charge in [-0.15, -0.1) is 0 Å². The van der Waals surface area contributed by atoms with E-state index in [1.54, 1.807) is 4.68 Å². The number of para-hydroxylation sites is 1. The quantitative estimate of drug-likeness (QED) is 0.897. The van der Waals surface area contributed by atoms with Gasteiger partial charge in [0.05, 0.1) is 5.69 Å². The first kappa shape index (κ1) is 13.0. The molecular weight excluding hydrogens is 250 g/mol. The molecule has 2 heterocycles. The van der Waals surface area contributed by atoms with Crippen LogP contribution in [0.2, 0.25) is 0 Å². The minimum atomic E-state index is 0.688. The maximum atomic E-state index is 5.90. The van der Waals surface area contributed by atoms with Gasteiger partial charge in [0.25, 0.3) is 0 Å². The Labute approximate surface area is 119 Å². The van der Waals surface area contributed by atoms with Crippen LogP contribution in [0.1, 0.15) is 0 Å². The van der Waals surface area contributed by atoms with E-state index in [4.69, 9.17) is 5.73 Å². The number of hydrogen-bond donors (Lipinski definition) is 1. The molecule has 106 valence electrons. The summed E-state index contributed by atoms with van der Waals surface area (Å²) >= 11 is 0. The first-order valence-corrected chi connectivity index (χ1v) is 6.97. The second-order valence-electron chi connectivity index (χ2n) is 5.39. The average Bonchev–Trinajstić information content (AvgIpc) is 2.79. The van der Waals surface area contributed by atoms with E-state index < -0.39 is 0 Å². The van der Waals surface area contributed by atoms with Gasteiger partial charge in [-0.3, -0.25) is 4.68 Å². The molecule has 1 aromatic carbocycles. The van der Waals surface area contributed by atoms with E-state index in [9.17, 15) is 0 Å². The van der Waals surface area contributed by atoms with Crippen LogP contribution >= 0.6 is 0 Å². The van der Waals surface area contributed by atoms with Gasteiger partial charge in [-0.05, 0) is 13.1 Å². The van der Waals surface area contributed by atoms with Crippen molar-refractivity contribution in [3.8, 4) is 11.3 Å². The molecule has 1 aromatic heterocycles. The Morgan fingerprint density at radius 2 is 1.75 bits per heavy atom. The fraction of sp³-hybridized carbons (Fsp3) is 0.400. The van der Waals surface area contributed by atoms with Crippen molar-refractivity contribution in [1.82, 2.24) is 14.7 Å². The third-order valence-corrected chi connectivity index (χ3v) is 3.94. The molecule has 0 atom stereocenters. The van der Waals surface area contributed by atoms with E-state index in [1.807, 2.05) is 13.1 Å². The first-order valence-electron chi connectivity index (χ1n) is 6.97. The zero-order chi connectivity index (χ0) is 14.1. The van der Waals surface area contributed by atoms with Crippen molar-refractivity contribution in [3.63, 3.8) is 0 Å². The lowest BCUT2D eigenvalue weighted by molar-refractivity contribution is 0.313. The molecule has 1 fully saturated rings. The molecule has 0 aliphatic carbocycles. The first-order chi connectivity index (χ1) is 9.65. The van der Waals surface area contributed by atoms with Gasteiger partial charge in [0.15, 0.2) is 0 Å². The summed E-state index contributed by atoms with van der Waals surface area (Å²) in [5.41, 5.74) is 9.25. The highest BCUT2D eigenvalue weighted by Gasteiger charge is 2.18. The fourth-order valence-corrected chi connectivity index (χ4v) is 2.63. The van der Waals surface area contributed by atoms with Crippen LogP contribution in [0.25, 0.3) is 11.3 Å². The minimum Gasteiger partial charge on any atom is -0.384 e. The van der Waals surface area contributed by atoms with Crippen LogP contribution in [0.4, 0.5) is 11.5 Å². The summed E-state index contributed by atoms with van der Waals surface area (Å²) in [5, 5.41) is 4.51. The number of hydrogen-bond acceptors (Lipinski definition) is 4. The van der Waals surface area contributed by atoms with Gasteiger partial charge in [-0.25, -0.2) is 0 Å². The molecule has 0 bridgehead atoms. The lowest BCUT2D eigenvalue weighted by atomic mass is 10.1. The second kappa shape index (κ2) is 5.17. The fourth-order valence-electron chi connectivity index (χ4n) is 2.63. The summed E-state index contributed by atoms with van der Waals surface area (Å²) in [6, 6.07) is 10.4. The Bertz CT molecular complexity index is 577. The van der Waals surface area contributed by atoms with E-state index in [1.165, 1.54) is 5.69 Å². The smallest absolute Gasteiger partial charge is 0.121 e. The molecule has 2 aromatic rings. The zero-order valence-electron chi connectivity index (χ0n) is 12.1. The van der Waals surface area contributed by atoms with E-state index >= 15 is 0 Å². The van der Waals surface area contributed by atoms with Crippen LogP contribution in [-0.2, 0) is 7.05 Å². The predicted molar refractivity (Wildman–Crippen MR) is 82.8 cm³/mol. The second-order valence-corrected chi connectivity index (χ2v) is 5.39. The Hall–Kier alpha value is -2.01. The summed E-state index contributed by atoms with van der Waals surface area (Å²) in [6.07, 6.45) is 0. The molecular formula is C15H21N5. The van der Waals surface area contributed by atoms with Gasteiger partial charge in [-0.2, -0.15) is 5.10 Å². The number of likely N-dealkylation sites (N-methyl/N-ethyl adjacent to an activating group) is 1. The molecule has 0 amide bonds. The number of nitrogens with two attached hydrogens (primary N) is 1. The molecule has 1 aliphatic heterocycles. The Morgan fingerprint density at radius 3 is 2.40 bits per heavy atom. The van der Waals surface area contributed by atoms with Gasteiger partial charge in [0, 0.05) is 50.5 Å². The number of rotatable bonds is 2. The van der Waals surface area contributed by atoms with Crippen molar-refractivity contribution < 1.29 is 0 Å². The molecule has 0 unspecified atom stereocenters. The highest BCUT2D eigenvalue weighted by molar-refractivity contribution is 5.77. The van der Waals surface area contributed by atoms with Crippen LogP contribution in [-0.4, -0.2) is 47.9 Å². The topological polar surface area (TPSA) is 50.3 Å². The van der Waals surface area contributed by atoms with Gasteiger partial charge in [0.1, 0.15) is 5.82 Å². The maximum absolute atomic E-state index is 5.90. The number of anilines is 2. The maximum Gasteiger partial charge on any atom is 0.121 e. The third kappa shape index (κ3) is 2.36. The Kier molecular flexibility index (Phi) is 3.36. The molecule has 1 saturated heterocycles. The average molecular weight is 271 g/mol. The van der Waals surface area contributed by atoms with Crippen LogP contribution < -0.4 is 10.6 Å². The summed E-state index contributed by atoms with van der Waals surface area (Å²) in [5.74, 6) is 0.688. The molecule has 2 N–H and O–H groups in total. The van der Waals surface area contributed by atoms with Gasteiger partial charge in [0.2, 0.25) is 0 Å².